The number of nitrogens with zero attached hydrogens (tertiary/aromatic N) is 2. The van der Waals surface area contributed by atoms with E-state index in [1.165, 1.54) is 11.4 Å². The van der Waals surface area contributed by atoms with Crippen LogP contribution in [0.15, 0.2) is 139 Å². The van der Waals surface area contributed by atoms with Crippen LogP contribution in [-0.2, 0) is 0 Å². The minimum atomic E-state index is 1.07. The molecule has 32 heavy (non-hydrogen) atoms. The summed E-state index contributed by atoms with van der Waals surface area (Å²) in [5.74, 6) is 0. The number of allylic oxidation sites excluding steroid dienone is 3. The summed E-state index contributed by atoms with van der Waals surface area (Å²) in [6.07, 6.45) is 8.98. The van der Waals surface area contributed by atoms with Gasteiger partial charge in [0.1, 0.15) is 0 Å². The van der Waals surface area contributed by atoms with Crippen LogP contribution >= 0.6 is 0 Å². The molecule has 4 aromatic rings. The first-order valence-corrected chi connectivity index (χ1v) is 11.1. The van der Waals surface area contributed by atoms with Crippen LogP contribution in [0.1, 0.15) is 12.8 Å². The summed E-state index contributed by atoms with van der Waals surface area (Å²) >= 11 is 0. The fourth-order valence-electron chi connectivity index (χ4n) is 4.14. The third kappa shape index (κ3) is 4.21. The molecule has 1 aliphatic rings. The summed E-state index contributed by atoms with van der Waals surface area (Å²) in [4.78, 5) is 4.62. The van der Waals surface area contributed by atoms with Crippen LogP contribution in [0.2, 0.25) is 0 Å². The first kappa shape index (κ1) is 19.9. The first-order valence-electron chi connectivity index (χ1n) is 11.1. The smallest absolute Gasteiger partial charge is 0.0463 e. The first-order chi connectivity index (χ1) is 15.9. The zero-order chi connectivity index (χ0) is 21.6. The van der Waals surface area contributed by atoms with Gasteiger partial charge < -0.3 is 9.80 Å². The third-order valence-electron chi connectivity index (χ3n) is 5.64. The second-order valence-electron chi connectivity index (χ2n) is 7.80. The molecule has 2 heteroatoms. The number of rotatable bonds is 6. The zero-order valence-electron chi connectivity index (χ0n) is 18.0. The summed E-state index contributed by atoms with van der Waals surface area (Å²) in [6, 6.07) is 40.4. The lowest BCUT2D eigenvalue weighted by molar-refractivity contribution is 0.997. The Hall–Kier alpha value is -4.04. The highest BCUT2D eigenvalue weighted by molar-refractivity contribution is 5.79. The summed E-state index contributed by atoms with van der Waals surface area (Å²) < 4.78 is 0. The predicted octanol–water partition coefficient (Wildman–Crippen LogP) is 8.53. The molecule has 0 atom stereocenters. The van der Waals surface area contributed by atoms with Gasteiger partial charge in [0.15, 0.2) is 0 Å². The molecule has 0 amide bonds. The van der Waals surface area contributed by atoms with Gasteiger partial charge in [0.25, 0.3) is 0 Å². The van der Waals surface area contributed by atoms with E-state index < -0.39 is 0 Å². The lowest BCUT2D eigenvalue weighted by Gasteiger charge is -2.29. The van der Waals surface area contributed by atoms with Crippen molar-refractivity contribution in [3.63, 3.8) is 0 Å². The highest BCUT2D eigenvalue weighted by Crippen LogP contribution is 2.37. The highest BCUT2D eigenvalue weighted by Gasteiger charge is 2.16. The standard InChI is InChI=1S/C30H26N2/c1-5-13-25(14-6-1)31(26-15-7-2-8-16-26)29-21-23-30(24-22-29)32(27-17-9-3-10-18-27)28-19-11-4-12-20-28/h1-3,5-11,13-24H,4,12H2. The zero-order valence-corrected chi connectivity index (χ0v) is 18.0. The lowest BCUT2D eigenvalue weighted by Crippen LogP contribution is -2.16. The number of hydrogen-bond donors (Lipinski definition) is 0. The van der Waals surface area contributed by atoms with Crippen LogP contribution in [0.5, 0.6) is 0 Å². The number of hydrogen-bond acceptors (Lipinski definition) is 2. The quantitative estimate of drug-likeness (QED) is 0.312. The summed E-state index contributed by atoms with van der Waals surface area (Å²) in [7, 11) is 0. The number of para-hydroxylation sites is 3. The van der Waals surface area contributed by atoms with Crippen molar-refractivity contribution >= 4 is 28.4 Å². The van der Waals surface area contributed by atoms with Crippen LogP contribution < -0.4 is 9.80 Å². The van der Waals surface area contributed by atoms with Gasteiger partial charge in [-0.05, 0) is 79.6 Å². The third-order valence-corrected chi connectivity index (χ3v) is 5.64. The van der Waals surface area contributed by atoms with Crippen molar-refractivity contribution in [3.8, 4) is 0 Å². The Morgan fingerprint density at radius 2 is 0.812 bits per heavy atom. The van der Waals surface area contributed by atoms with Crippen molar-refractivity contribution in [1.82, 2.24) is 0 Å². The number of benzene rings is 4. The summed E-state index contributed by atoms with van der Waals surface area (Å²) in [5.41, 5.74) is 6.96. The Labute approximate surface area is 190 Å². The van der Waals surface area contributed by atoms with E-state index in [1.807, 2.05) is 0 Å². The van der Waals surface area contributed by atoms with Crippen LogP contribution in [0, 0.1) is 0 Å². The summed E-state index contributed by atoms with van der Waals surface area (Å²) in [5, 5.41) is 0. The molecule has 0 unspecified atom stereocenters. The molecule has 0 saturated heterocycles. The monoisotopic (exact) mass is 414 g/mol. The molecule has 0 aromatic heterocycles. The highest BCUT2D eigenvalue weighted by atomic mass is 15.2. The second kappa shape index (κ2) is 9.40. The largest absolute Gasteiger partial charge is 0.311 e. The van der Waals surface area contributed by atoms with Crippen LogP contribution in [0.25, 0.3) is 0 Å². The van der Waals surface area contributed by atoms with E-state index in [4.69, 9.17) is 0 Å². The van der Waals surface area contributed by atoms with Gasteiger partial charge in [0.2, 0.25) is 0 Å². The van der Waals surface area contributed by atoms with E-state index in [9.17, 15) is 0 Å². The van der Waals surface area contributed by atoms with Crippen molar-refractivity contribution in [2.75, 3.05) is 9.80 Å². The molecular weight excluding hydrogens is 388 g/mol. The van der Waals surface area contributed by atoms with E-state index in [0.29, 0.717) is 0 Å². The average molecular weight is 415 g/mol. The Bertz CT molecular complexity index is 1150. The molecular formula is C30H26N2. The lowest BCUT2D eigenvalue weighted by atomic mass is 10.1. The van der Waals surface area contributed by atoms with Gasteiger partial charge in [-0.1, -0.05) is 66.7 Å². The Morgan fingerprint density at radius 1 is 0.406 bits per heavy atom. The van der Waals surface area contributed by atoms with E-state index in [2.05, 4.69) is 143 Å². The molecule has 156 valence electrons. The van der Waals surface area contributed by atoms with Gasteiger partial charge in [-0.15, -0.1) is 0 Å². The molecule has 5 rings (SSSR count). The van der Waals surface area contributed by atoms with Gasteiger partial charge in [-0.25, -0.2) is 0 Å². The van der Waals surface area contributed by atoms with Gasteiger partial charge in [-0.2, -0.15) is 0 Å². The fraction of sp³-hybridized carbons (Fsp3) is 0.0667. The topological polar surface area (TPSA) is 6.48 Å². The normalized spacial score (nSPS) is 12.8. The van der Waals surface area contributed by atoms with Crippen LogP contribution in [-0.4, -0.2) is 0 Å². The fourth-order valence-corrected chi connectivity index (χ4v) is 4.14. The molecule has 0 N–H and O–H groups in total. The van der Waals surface area contributed by atoms with Gasteiger partial charge in [0, 0.05) is 34.1 Å². The Morgan fingerprint density at radius 3 is 1.25 bits per heavy atom. The maximum atomic E-state index is 2.33. The SMILES string of the molecule is C1=CC(N(c2ccccc2)c2ccc(N(c3ccccc3)c3ccccc3)cc2)=CCC1. The van der Waals surface area contributed by atoms with E-state index in [-0.39, 0.29) is 0 Å². The Balaban J connectivity index is 1.55. The van der Waals surface area contributed by atoms with Crippen molar-refractivity contribution in [2.24, 2.45) is 0 Å². The maximum absolute atomic E-state index is 2.33. The second-order valence-corrected chi connectivity index (χ2v) is 7.80. The molecule has 2 nitrogen and oxygen atoms in total. The van der Waals surface area contributed by atoms with E-state index in [0.717, 1.165) is 35.6 Å². The molecule has 4 aromatic carbocycles. The van der Waals surface area contributed by atoms with Crippen molar-refractivity contribution in [1.29, 1.82) is 0 Å². The van der Waals surface area contributed by atoms with Crippen LogP contribution in [0.3, 0.4) is 0 Å². The molecule has 0 aliphatic heterocycles. The summed E-state index contributed by atoms with van der Waals surface area (Å²) in [6.45, 7) is 0. The van der Waals surface area contributed by atoms with Crippen molar-refractivity contribution < 1.29 is 0 Å². The van der Waals surface area contributed by atoms with Crippen molar-refractivity contribution in [3.05, 3.63) is 139 Å². The minimum Gasteiger partial charge on any atom is -0.311 e. The van der Waals surface area contributed by atoms with Crippen molar-refractivity contribution in [2.45, 2.75) is 12.8 Å². The molecule has 0 saturated carbocycles. The maximum Gasteiger partial charge on any atom is 0.0463 e. The molecule has 0 radical (unpaired) electrons. The molecule has 0 fully saturated rings. The Kier molecular flexibility index (Phi) is 5.85. The molecule has 1 aliphatic carbocycles. The van der Waals surface area contributed by atoms with Gasteiger partial charge in [0.05, 0.1) is 0 Å². The predicted molar refractivity (Wildman–Crippen MR) is 136 cm³/mol. The molecule has 0 heterocycles. The molecule has 0 bridgehead atoms. The van der Waals surface area contributed by atoms with Gasteiger partial charge in [-0.3, -0.25) is 0 Å². The number of anilines is 5. The van der Waals surface area contributed by atoms with Gasteiger partial charge >= 0.3 is 0 Å². The van der Waals surface area contributed by atoms with Crippen LogP contribution in [0.4, 0.5) is 28.4 Å². The average Bonchev–Trinajstić information content (AvgIpc) is 2.88. The van der Waals surface area contributed by atoms with E-state index in [1.54, 1.807) is 0 Å². The van der Waals surface area contributed by atoms with E-state index >= 15 is 0 Å². The molecule has 0 spiro atoms. The minimum absolute atomic E-state index is 1.07.